The van der Waals surface area contributed by atoms with Crippen molar-refractivity contribution in [2.24, 2.45) is 0 Å². The van der Waals surface area contributed by atoms with Crippen LogP contribution in [-0.4, -0.2) is 67.5 Å². The summed E-state index contributed by atoms with van der Waals surface area (Å²) >= 11 is 0. The lowest BCUT2D eigenvalue weighted by atomic mass is 10.2. The number of rotatable bonds is 6. The number of nitro groups is 1. The molecular weight excluding hydrogens is 274 g/mol. The summed E-state index contributed by atoms with van der Waals surface area (Å²) in [6.45, 7) is 4.37. The Labute approximate surface area is 123 Å². The Hall–Kier alpha value is -1.70. The molecule has 1 aromatic carbocycles. The van der Waals surface area contributed by atoms with Crippen molar-refractivity contribution in [1.29, 1.82) is 0 Å². The van der Waals surface area contributed by atoms with Crippen molar-refractivity contribution in [2.45, 2.75) is 6.10 Å². The van der Waals surface area contributed by atoms with Gasteiger partial charge in [0.25, 0.3) is 5.69 Å². The lowest BCUT2D eigenvalue weighted by molar-refractivity contribution is -0.384. The van der Waals surface area contributed by atoms with Crippen LogP contribution >= 0.6 is 0 Å². The predicted octanol–water partition coefficient (Wildman–Crippen LogP) is 0.724. The third-order valence-corrected chi connectivity index (χ3v) is 3.63. The first-order valence-corrected chi connectivity index (χ1v) is 6.99. The minimum atomic E-state index is -0.457. The molecule has 21 heavy (non-hydrogen) atoms. The number of benzene rings is 1. The van der Waals surface area contributed by atoms with Crippen LogP contribution in [0.25, 0.3) is 0 Å². The van der Waals surface area contributed by atoms with E-state index in [2.05, 4.69) is 9.80 Å². The van der Waals surface area contributed by atoms with Crippen LogP contribution in [0.1, 0.15) is 0 Å². The molecule has 1 fully saturated rings. The second-order valence-corrected chi connectivity index (χ2v) is 5.17. The van der Waals surface area contributed by atoms with E-state index in [0.29, 0.717) is 13.2 Å². The number of aliphatic hydroxyl groups excluding tert-OH is 1. The number of anilines is 1. The normalized spacial score (nSPS) is 17.7. The average molecular weight is 295 g/mol. The molecule has 1 heterocycles. The molecule has 0 aliphatic carbocycles. The van der Waals surface area contributed by atoms with Gasteiger partial charge in [-0.3, -0.25) is 15.0 Å². The molecule has 7 nitrogen and oxygen atoms in total. The van der Waals surface area contributed by atoms with E-state index in [-0.39, 0.29) is 10.6 Å². The topological polar surface area (TPSA) is 79.1 Å². The minimum absolute atomic E-state index is 0.111. The molecule has 7 heteroatoms. The SMILES string of the molecule is COCC(O)CN1CCN(c2ccc([N+](=O)[O-])cc2)CC1. The van der Waals surface area contributed by atoms with Crippen LogP contribution in [0.2, 0.25) is 0 Å². The second-order valence-electron chi connectivity index (χ2n) is 5.17. The summed E-state index contributed by atoms with van der Waals surface area (Å²) in [5.74, 6) is 0. The van der Waals surface area contributed by atoms with Gasteiger partial charge in [-0.1, -0.05) is 0 Å². The summed E-state index contributed by atoms with van der Waals surface area (Å²) in [6, 6.07) is 6.63. The Bertz CT molecular complexity index is 458. The van der Waals surface area contributed by atoms with Crippen molar-refractivity contribution < 1.29 is 14.8 Å². The highest BCUT2D eigenvalue weighted by molar-refractivity contribution is 5.51. The van der Waals surface area contributed by atoms with Crippen molar-refractivity contribution in [3.63, 3.8) is 0 Å². The largest absolute Gasteiger partial charge is 0.389 e. The highest BCUT2D eigenvalue weighted by Crippen LogP contribution is 2.20. The van der Waals surface area contributed by atoms with E-state index in [0.717, 1.165) is 31.9 Å². The number of aliphatic hydroxyl groups is 1. The van der Waals surface area contributed by atoms with E-state index >= 15 is 0 Å². The molecule has 0 spiro atoms. The molecule has 1 aromatic rings. The summed E-state index contributed by atoms with van der Waals surface area (Å²) in [7, 11) is 1.58. The molecule has 1 saturated heterocycles. The fourth-order valence-electron chi connectivity index (χ4n) is 2.52. The molecule has 0 bridgehead atoms. The average Bonchev–Trinajstić information content (AvgIpc) is 2.48. The summed E-state index contributed by atoms with van der Waals surface area (Å²) in [6.07, 6.45) is -0.457. The smallest absolute Gasteiger partial charge is 0.269 e. The summed E-state index contributed by atoms with van der Waals surface area (Å²) in [5.41, 5.74) is 1.11. The molecule has 1 atom stereocenters. The van der Waals surface area contributed by atoms with Gasteiger partial charge in [-0.05, 0) is 12.1 Å². The first kappa shape index (κ1) is 15.7. The van der Waals surface area contributed by atoms with Crippen LogP contribution in [0.3, 0.4) is 0 Å². The van der Waals surface area contributed by atoms with Crippen LogP contribution in [0.15, 0.2) is 24.3 Å². The van der Waals surface area contributed by atoms with E-state index in [9.17, 15) is 15.2 Å². The molecule has 1 N–H and O–H groups in total. The van der Waals surface area contributed by atoms with Gasteiger partial charge in [0.2, 0.25) is 0 Å². The van der Waals surface area contributed by atoms with E-state index in [1.165, 1.54) is 12.1 Å². The predicted molar refractivity (Wildman–Crippen MR) is 79.6 cm³/mol. The molecule has 0 radical (unpaired) electrons. The molecule has 1 unspecified atom stereocenters. The Morgan fingerprint density at radius 3 is 2.43 bits per heavy atom. The van der Waals surface area contributed by atoms with E-state index in [1.807, 2.05) is 0 Å². The molecule has 0 aromatic heterocycles. The first-order chi connectivity index (χ1) is 10.1. The molecule has 1 aliphatic rings. The van der Waals surface area contributed by atoms with E-state index in [4.69, 9.17) is 4.74 Å². The standard InChI is InChI=1S/C14H21N3O4/c1-21-11-14(18)10-15-6-8-16(9-7-15)12-2-4-13(5-3-12)17(19)20/h2-5,14,18H,6-11H2,1H3. The Morgan fingerprint density at radius 2 is 1.90 bits per heavy atom. The van der Waals surface area contributed by atoms with Crippen molar-refractivity contribution in [2.75, 3.05) is 51.3 Å². The molecular formula is C14H21N3O4. The molecule has 2 rings (SSSR count). The van der Waals surface area contributed by atoms with Crippen molar-refractivity contribution in [3.8, 4) is 0 Å². The monoisotopic (exact) mass is 295 g/mol. The lowest BCUT2D eigenvalue weighted by Gasteiger charge is -2.36. The number of hydrogen-bond acceptors (Lipinski definition) is 6. The number of nitrogens with zero attached hydrogens (tertiary/aromatic N) is 3. The lowest BCUT2D eigenvalue weighted by Crippen LogP contribution is -2.49. The van der Waals surface area contributed by atoms with Crippen LogP contribution in [0.5, 0.6) is 0 Å². The van der Waals surface area contributed by atoms with Crippen molar-refractivity contribution in [3.05, 3.63) is 34.4 Å². The molecule has 116 valence electrons. The van der Waals surface area contributed by atoms with E-state index in [1.54, 1.807) is 19.2 Å². The highest BCUT2D eigenvalue weighted by Gasteiger charge is 2.19. The number of non-ortho nitro benzene ring substituents is 1. The van der Waals surface area contributed by atoms with Gasteiger partial charge in [-0.2, -0.15) is 0 Å². The zero-order chi connectivity index (χ0) is 15.2. The van der Waals surface area contributed by atoms with Gasteiger partial charge < -0.3 is 14.7 Å². The maximum absolute atomic E-state index is 10.6. The fourth-order valence-corrected chi connectivity index (χ4v) is 2.52. The molecule has 1 aliphatic heterocycles. The van der Waals surface area contributed by atoms with Gasteiger partial charge in [-0.25, -0.2) is 0 Å². The quantitative estimate of drug-likeness (QED) is 0.615. The maximum atomic E-state index is 10.6. The summed E-state index contributed by atoms with van der Waals surface area (Å²) in [4.78, 5) is 14.6. The third kappa shape index (κ3) is 4.38. The van der Waals surface area contributed by atoms with Crippen molar-refractivity contribution >= 4 is 11.4 Å². The number of nitro benzene ring substituents is 1. The number of methoxy groups -OCH3 is 1. The third-order valence-electron chi connectivity index (χ3n) is 3.63. The van der Waals surface area contributed by atoms with E-state index < -0.39 is 6.10 Å². The van der Waals surface area contributed by atoms with Crippen LogP contribution in [0, 0.1) is 10.1 Å². The van der Waals surface area contributed by atoms with Crippen LogP contribution in [-0.2, 0) is 4.74 Å². The van der Waals surface area contributed by atoms with Gasteiger partial charge in [-0.15, -0.1) is 0 Å². The molecule has 0 saturated carbocycles. The Morgan fingerprint density at radius 1 is 1.29 bits per heavy atom. The number of β-amino-alcohol motifs (C(OH)–C–C–N with tert-alkyl or cyclic N) is 1. The maximum Gasteiger partial charge on any atom is 0.269 e. The minimum Gasteiger partial charge on any atom is -0.389 e. The molecule has 0 amide bonds. The Kier molecular flexibility index (Phi) is 5.49. The van der Waals surface area contributed by atoms with Gasteiger partial charge in [0, 0.05) is 57.7 Å². The first-order valence-electron chi connectivity index (χ1n) is 6.99. The zero-order valence-electron chi connectivity index (χ0n) is 12.1. The van der Waals surface area contributed by atoms with Gasteiger partial charge >= 0.3 is 0 Å². The summed E-state index contributed by atoms with van der Waals surface area (Å²) < 4.78 is 4.92. The van der Waals surface area contributed by atoms with Gasteiger partial charge in [0.15, 0.2) is 0 Å². The number of ether oxygens (including phenoxy) is 1. The number of piperazine rings is 1. The van der Waals surface area contributed by atoms with Crippen LogP contribution < -0.4 is 4.90 Å². The van der Waals surface area contributed by atoms with Gasteiger partial charge in [0.05, 0.1) is 17.6 Å². The Balaban J connectivity index is 1.84. The van der Waals surface area contributed by atoms with Crippen LogP contribution in [0.4, 0.5) is 11.4 Å². The second kappa shape index (κ2) is 7.35. The highest BCUT2D eigenvalue weighted by atomic mass is 16.6. The number of hydrogen-bond donors (Lipinski definition) is 1. The summed E-state index contributed by atoms with van der Waals surface area (Å²) in [5, 5.41) is 20.4. The van der Waals surface area contributed by atoms with Gasteiger partial charge in [0.1, 0.15) is 0 Å². The zero-order valence-corrected chi connectivity index (χ0v) is 12.1. The fraction of sp³-hybridized carbons (Fsp3) is 0.571. The van der Waals surface area contributed by atoms with Crippen molar-refractivity contribution in [1.82, 2.24) is 4.90 Å².